The molecule has 0 amide bonds. The quantitative estimate of drug-likeness (QED) is 0.767. The number of nitrogens with zero attached hydrogens (tertiary/aromatic N) is 1. The van der Waals surface area contributed by atoms with Crippen LogP contribution in [0.3, 0.4) is 0 Å². The molecule has 0 fully saturated rings. The molecule has 75 valence electrons. The predicted molar refractivity (Wildman–Crippen MR) is 60.2 cm³/mol. The highest BCUT2D eigenvalue weighted by atomic mass is 35.5. The van der Waals surface area contributed by atoms with Crippen molar-refractivity contribution >= 4 is 11.6 Å². The Balaban J connectivity index is 2.22. The van der Waals surface area contributed by atoms with Crippen LogP contribution in [-0.2, 0) is 0 Å². The molecular weight excluding hydrogens is 210 g/mol. The van der Waals surface area contributed by atoms with Gasteiger partial charge in [-0.15, -0.1) is 0 Å². The summed E-state index contributed by atoms with van der Waals surface area (Å²) in [6.07, 6.45) is 1.68. The first kappa shape index (κ1) is 9.99. The molecule has 0 saturated heterocycles. The summed E-state index contributed by atoms with van der Waals surface area (Å²) >= 11 is 5.77. The monoisotopic (exact) mass is 218 g/mol. The maximum atomic E-state index is 5.77. The highest BCUT2D eigenvalue weighted by Crippen LogP contribution is 2.24. The number of ether oxygens (including phenoxy) is 1. The van der Waals surface area contributed by atoms with E-state index in [0.717, 1.165) is 5.75 Å². The summed E-state index contributed by atoms with van der Waals surface area (Å²) in [5, 5.41) is 0.684. The Morgan fingerprint density at radius 3 is 2.53 bits per heavy atom. The molecule has 0 aliphatic heterocycles. The Hall–Kier alpha value is -1.54. The number of hydrogen-bond donors (Lipinski definition) is 0. The fraction of sp³-hybridized carbons (Fsp3) is 0. The van der Waals surface area contributed by atoms with Gasteiger partial charge in [-0.05, 0) is 43.3 Å². The Bertz CT molecular complexity index is 453. The largest absolute Gasteiger partial charge is 0.455 e. The Morgan fingerprint density at radius 1 is 1.13 bits per heavy atom. The maximum absolute atomic E-state index is 5.77. The number of hydrogen-bond acceptors (Lipinski definition) is 2. The van der Waals surface area contributed by atoms with E-state index in [1.165, 1.54) is 0 Å². The number of aromatic nitrogens is 1. The van der Waals surface area contributed by atoms with E-state index < -0.39 is 0 Å². The smallest absolute Gasteiger partial charge is 0.148 e. The molecule has 0 N–H and O–H groups in total. The summed E-state index contributed by atoms with van der Waals surface area (Å²) < 4.78 is 5.58. The van der Waals surface area contributed by atoms with Crippen molar-refractivity contribution in [3.63, 3.8) is 0 Å². The van der Waals surface area contributed by atoms with E-state index in [4.69, 9.17) is 16.3 Å². The number of rotatable bonds is 2. The first-order valence-corrected chi connectivity index (χ1v) is 4.84. The van der Waals surface area contributed by atoms with Gasteiger partial charge in [-0.2, -0.15) is 0 Å². The van der Waals surface area contributed by atoms with Gasteiger partial charge in [-0.25, -0.2) is 0 Å². The van der Waals surface area contributed by atoms with Crippen LogP contribution in [0.25, 0.3) is 0 Å². The molecule has 2 rings (SSSR count). The summed E-state index contributed by atoms with van der Waals surface area (Å²) in [5.41, 5.74) is 0.618. The molecule has 1 heterocycles. The molecule has 0 unspecified atom stereocenters. The van der Waals surface area contributed by atoms with Crippen LogP contribution in [-0.4, -0.2) is 4.98 Å². The minimum atomic E-state index is 0.618. The van der Waals surface area contributed by atoms with Crippen molar-refractivity contribution in [1.29, 1.82) is 0 Å². The summed E-state index contributed by atoms with van der Waals surface area (Å²) in [7, 11) is 0. The molecule has 15 heavy (non-hydrogen) atoms. The van der Waals surface area contributed by atoms with Crippen molar-refractivity contribution in [2.45, 2.75) is 0 Å². The van der Waals surface area contributed by atoms with Gasteiger partial charge in [0, 0.05) is 11.2 Å². The van der Waals surface area contributed by atoms with Crippen LogP contribution >= 0.6 is 11.6 Å². The zero-order chi connectivity index (χ0) is 10.7. The van der Waals surface area contributed by atoms with E-state index in [9.17, 15) is 0 Å². The third-order valence-electron chi connectivity index (χ3n) is 1.89. The molecule has 0 saturated carbocycles. The lowest BCUT2D eigenvalue weighted by Gasteiger charge is -2.06. The minimum Gasteiger partial charge on any atom is -0.455 e. The van der Waals surface area contributed by atoms with E-state index in [2.05, 4.69) is 11.9 Å². The Labute approximate surface area is 93.5 Å². The summed E-state index contributed by atoms with van der Waals surface area (Å²) in [5.74, 6) is 1.37. The zero-order valence-electron chi connectivity index (χ0n) is 7.98. The summed E-state index contributed by atoms with van der Waals surface area (Å²) in [4.78, 5) is 4.03. The third-order valence-corrected chi connectivity index (χ3v) is 2.14. The van der Waals surface area contributed by atoms with E-state index in [-0.39, 0.29) is 0 Å². The predicted octanol–water partition coefficient (Wildman–Crippen LogP) is 3.71. The van der Waals surface area contributed by atoms with E-state index in [0.29, 0.717) is 16.5 Å². The zero-order valence-corrected chi connectivity index (χ0v) is 8.74. The normalized spacial score (nSPS) is 10.0. The van der Waals surface area contributed by atoms with E-state index in [1.807, 2.05) is 6.07 Å². The van der Waals surface area contributed by atoms with E-state index in [1.54, 1.807) is 36.5 Å². The summed E-state index contributed by atoms with van der Waals surface area (Å²) in [6, 6.07) is 10.8. The third kappa shape index (κ3) is 2.48. The van der Waals surface area contributed by atoms with Crippen LogP contribution in [0.5, 0.6) is 11.5 Å². The fourth-order valence-corrected chi connectivity index (χ4v) is 1.27. The second-order valence-corrected chi connectivity index (χ2v) is 3.44. The number of pyridine rings is 1. The molecule has 1 aromatic carbocycles. The molecule has 0 atom stereocenters. The molecular formula is C12H9ClNO. The van der Waals surface area contributed by atoms with Crippen molar-refractivity contribution in [3.8, 4) is 11.5 Å². The van der Waals surface area contributed by atoms with Crippen LogP contribution < -0.4 is 4.74 Å². The Kier molecular flexibility index (Phi) is 2.88. The molecule has 0 aliphatic rings. The van der Waals surface area contributed by atoms with Crippen LogP contribution in [0.2, 0.25) is 5.02 Å². The van der Waals surface area contributed by atoms with Gasteiger partial charge in [0.2, 0.25) is 0 Å². The van der Waals surface area contributed by atoms with Crippen LogP contribution in [0.1, 0.15) is 5.69 Å². The molecule has 2 aromatic rings. The summed E-state index contributed by atoms with van der Waals surface area (Å²) in [6.45, 7) is 3.77. The molecule has 0 spiro atoms. The second-order valence-electron chi connectivity index (χ2n) is 3.00. The van der Waals surface area contributed by atoms with Crippen molar-refractivity contribution in [3.05, 3.63) is 60.2 Å². The average Bonchev–Trinajstić information content (AvgIpc) is 2.25. The van der Waals surface area contributed by atoms with Crippen LogP contribution in [0.4, 0.5) is 0 Å². The lowest BCUT2D eigenvalue weighted by molar-refractivity contribution is 0.478. The van der Waals surface area contributed by atoms with Crippen LogP contribution in [0.15, 0.2) is 42.6 Å². The minimum absolute atomic E-state index is 0.618. The molecule has 3 heteroatoms. The van der Waals surface area contributed by atoms with Gasteiger partial charge in [0.25, 0.3) is 0 Å². The SMILES string of the molecule is [CH2]c1ncccc1Oc1ccc(Cl)cc1. The molecule has 2 nitrogen and oxygen atoms in total. The highest BCUT2D eigenvalue weighted by molar-refractivity contribution is 6.30. The Morgan fingerprint density at radius 2 is 1.87 bits per heavy atom. The second kappa shape index (κ2) is 4.32. The van der Waals surface area contributed by atoms with Gasteiger partial charge in [-0.3, -0.25) is 4.98 Å². The molecule has 1 radical (unpaired) electrons. The molecule has 0 bridgehead atoms. The van der Waals surface area contributed by atoms with Crippen molar-refractivity contribution in [2.24, 2.45) is 0 Å². The van der Waals surface area contributed by atoms with Gasteiger partial charge in [-0.1, -0.05) is 11.6 Å². The van der Waals surface area contributed by atoms with Gasteiger partial charge < -0.3 is 4.74 Å². The first-order valence-electron chi connectivity index (χ1n) is 4.46. The average molecular weight is 219 g/mol. The molecule has 1 aromatic heterocycles. The van der Waals surface area contributed by atoms with Crippen molar-refractivity contribution in [2.75, 3.05) is 0 Å². The molecule has 0 aliphatic carbocycles. The van der Waals surface area contributed by atoms with Crippen molar-refractivity contribution < 1.29 is 4.74 Å². The van der Waals surface area contributed by atoms with Gasteiger partial charge in [0.05, 0.1) is 5.69 Å². The topological polar surface area (TPSA) is 22.1 Å². The lowest BCUT2D eigenvalue weighted by Crippen LogP contribution is -1.88. The number of halogens is 1. The van der Waals surface area contributed by atoms with Gasteiger partial charge in [0.15, 0.2) is 0 Å². The first-order chi connectivity index (χ1) is 7.25. The van der Waals surface area contributed by atoms with Crippen LogP contribution in [0, 0.1) is 6.92 Å². The van der Waals surface area contributed by atoms with E-state index >= 15 is 0 Å². The highest BCUT2D eigenvalue weighted by Gasteiger charge is 2.00. The standard InChI is InChI=1S/C12H9ClNO/c1-9-12(3-2-8-14-9)15-11-6-4-10(13)5-7-11/h2-8H,1H2. The maximum Gasteiger partial charge on any atom is 0.148 e. The fourth-order valence-electron chi connectivity index (χ4n) is 1.15. The number of benzene rings is 1. The lowest BCUT2D eigenvalue weighted by atomic mass is 10.3. The van der Waals surface area contributed by atoms with Crippen molar-refractivity contribution in [1.82, 2.24) is 4.98 Å². The van der Waals surface area contributed by atoms with Gasteiger partial charge >= 0.3 is 0 Å². The van der Waals surface area contributed by atoms with Gasteiger partial charge in [0.1, 0.15) is 11.5 Å².